The van der Waals surface area contributed by atoms with Crippen molar-refractivity contribution in [3.05, 3.63) is 17.0 Å². The standard InChI is InChI=1S/C14H24N2O2S2/c1-3-11(4-2)16-20(17,18)14-8-7-13(19-14)9-10-15-12-5-6-12/h7-8,11-12,15-16H,3-6,9-10H2,1-2H3. The molecular weight excluding hydrogens is 292 g/mol. The van der Waals surface area contributed by atoms with Gasteiger partial charge in [0.25, 0.3) is 0 Å². The fourth-order valence-corrected chi connectivity index (χ4v) is 4.83. The van der Waals surface area contributed by atoms with Crippen LogP contribution in [0.2, 0.25) is 0 Å². The Morgan fingerprint density at radius 2 is 2.00 bits per heavy atom. The van der Waals surface area contributed by atoms with Crippen molar-refractivity contribution in [1.29, 1.82) is 0 Å². The molecule has 20 heavy (non-hydrogen) atoms. The molecule has 0 aliphatic heterocycles. The van der Waals surface area contributed by atoms with E-state index in [0.29, 0.717) is 10.3 Å². The predicted octanol–water partition coefficient (Wildman–Crippen LogP) is 2.51. The highest BCUT2D eigenvalue weighted by Gasteiger charge is 2.21. The van der Waals surface area contributed by atoms with Gasteiger partial charge in [0.05, 0.1) is 0 Å². The molecule has 1 aliphatic rings. The summed E-state index contributed by atoms with van der Waals surface area (Å²) < 4.78 is 27.7. The number of hydrogen-bond acceptors (Lipinski definition) is 4. The maximum Gasteiger partial charge on any atom is 0.250 e. The Balaban J connectivity index is 1.91. The quantitative estimate of drug-likeness (QED) is 0.736. The van der Waals surface area contributed by atoms with Crippen LogP contribution in [0.5, 0.6) is 0 Å². The highest BCUT2D eigenvalue weighted by molar-refractivity contribution is 7.91. The van der Waals surface area contributed by atoms with Crippen LogP contribution in [0.25, 0.3) is 0 Å². The molecule has 0 atom stereocenters. The minimum atomic E-state index is -3.34. The van der Waals surface area contributed by atoms with Crippen molar-refractivity contribution in [2.45, 2.75) is 62.2 Å². The average molecular weight is 316 g/mol. The third-order valence-corrected chi connectivity index (χ3v) is 6.75. The lowest BCUT2D eigenvalue weighted by atomic mass is 10.2. The first-order chi connectivity index (χ1) is 9.55. The van der Waals surface area contributed by atoms with Crippen LogP contribution in [-0.4, -0.2) is 27.0 Å². The molecule has 0 spiro atoms. The van der Waals surface area contributed by atoms with Gasteiger partial charge in [0.15, 0.2) is 0 Å². The topological polar surface area (TPSA) is 58.2 Å². The molecule has 1 fully saturated rings. The lowest BCUT2D eigenvalue weighted by Crippen LogP contribution is -2.33. The Hall–Kier alpha value is -0.430. The molecule has 1 saturated carbocycles. The molecule has 1 aromatic rings. The zero-order valence-electron chi connectivity index (χ0n) is 12.2. The molecule has 1 aromatic heterocycles. The smallest absolute Gasteiger partial charge is 0.250 e. The van der Waals surface area contributed by atoms with E-state index >= 15 is 0 Å². The van der Waals surface area contributed by atoms with E-state index in [1.807, 2.05) is 19.9 Å². The molecule has 0 saturated heterocycles. The summed E-state index contributed by atoms with van der Waals surface area (Å²) in [6, 6.07) is 4.39. The summed E-state index contributed by atoms with van der Waals surface area (Å²) in [7, 11) is -3.34. The average Bonchev–Trinajstić information content (AvgIpc) is 3.11. The third kappa shape index (κ3) is 4.55. The first-order valence-electron chi connectivity index (χ1n) is 7.39. The first-order valence-corrected chi connectivity index (χ1v) is 9.69. The van der Waals surface area contributed by atoms with Crippen molar-refractivity contribution in [3.8, 4) is 0 Å². The number of thiophene rings is 1. The molecule has 0 unspecified atom stereocenters. The lowest BCUT2D eigenvalue weighted by Gasteiger charge is -2.13. The summed E-state index contributed by atoms with van der Waals surface area (Å²) in [6.45, 7) is 4.94. The van der Waals surface area contributed by atoms with Crippen LogP contribution in [0, 0.1) is 0 Å². The Labute approximate surface area is 126 Å². The highest BCUT2D eigenvalue weighted by atomic mass is 32.2. The molecule has 114 valence electrons. The molecule has 0 amide bonds. The Kier molecular flexibility index (Phi) is 5.60. The van der Waals surface area contributed by atoms with Crippen LogP contribution in [0.4, 0.5) is 0 Å². The van der Waals surface area contributed by atoms with Gasteiger partial charge < -0.3 is 5.32 Å². The predicted molar refractivity (Wildman–Crippen MR) is 83.7 cm³/mol. The van der Waals surface area contributed by atoms with Gasteiger partial charge in [-0.1, -0.05) is 13.8 Å². The van der Waals surface area contributed by atoms with Crippen molar-refractivity contribution >= 4 is 21.4 Å². The Morgan fingerprint density at radius 1 is 1.30 bits per heavy atom. The number of hydrogen-bond donors (Lipinski definition) is 2. The van der Waals surface area contributed by atoms with Gasteiger partial charge in [0.1, 0.15) is 4.21 Å². The van der Waals surface area contributed by atoms with Gasteiger partial charge in [0, 0.05) is 23.5 Å². The Bertz CT molecular complexity index is 517. The summed E-state index contributed by atoms with van der Waals surface area (Å²) >= 11 is 1.38. The number of sulfonamides is 1. The van der Waals surface area contributed by atoms with Crippen molar-refractivity contribution in [1.82, 2.24) is 10.0 Å². The minimum absolute atomic E-state index is 0.0297. The van der Waals surface area contributed by atoms with Gasteiger partial charge in [-0.05, 0) is 44.2 Å². The van der Waals surface area contributed by atoms with Crippen molar-refractivity contribution < 1.29 is 8.42 Å². The lowest BCUT2D eigenvalue weighted by molar-refractivity contribution is 0.531. The summed E-state index contributed by atoms with van der Waals surface area (Å²) in [4.78, 5) is 1.13. The second-order valence-electron chi connectivity index (χ2n) is 5.33. The molecule has 0 bridgehead atoms. The first kappa shape index (κ1) is 15.9. The van der Waals surface area contributed by atoms with E-state index in [4.69, 9.17) is 0 Å². The summed E-state index contributed by atoms with van der Waals surface area (Å²) in [6.07, 6.45) is 5.10. The highest BCUT2D eigenvalue weighted by Crippen LogP contribution is 2.23. The third-order valence-electron chi connectivity index (χ3n) is 3.59. The normalized spacial score (nSPS) is 15.9. The minimum Gasteiger partial charge on any atom is -0.314 e. The van der Waals surface area contributed by atoms with E-state index in [2.05, 4.69) is 10.0 Å². The molecule has 2 N–H and O–H groups in total. The molecule has 1 heterocycles. The van der Waals surface area contributed by atoms with Crippen LogP contribution in [0.15, 0.2) is 16.3 Å². The maximum atomic E-state index is 12.2. The molecule has 0 radical (unpaired) electrons. The van der Waals surface area contributed by atoms with E-state index in [1.54, 1.807) is 6.07 Å². The monoisotopic (exact) mass is 316 g/mol. The van der Waals surface area contributed by atoms with Gasteiger partial charge in [-0.25, -0.2) is 13.1 Å². The largest absolute Gasteiger partial charge is 0.314 e. The van der Waals surface area contributed by atoms with Gasteiger partial charge in [-0.3, -0.25) is 0 Å². The van der Waals surface area contributed by atoms with Crippen LogP contribution in [0.3, 0.4) is 0 Å². The van der Waals surface area contributed by atoms with E-state index < -0.39 is 10.0 Å². The van der Waals surface area contributed by atoms with Gasteiger partial charge in [-0.2, -0.15) is 0 Å². The molecule has 6 heteroatoms. The van der Waals surface area contributed by atoms with E-state index in [1.165, 1.54) is 24.2 Å². The van der Waals surface area contributed by atoms with Gasteiger partial charge in [0.2, 0.25) is 10.0 Å². The second kappa shape index (κ2) is 7.02. The van der Waals surface area contributed by atoms with Gasteiger partial charge >= 0.3 is 0 Å². The molecule has 4 nitrogen and oxygen atoms in total. The maximum absolute atomic E-state index is 12.2. The van der Waals surface area contributed by atoms with Crippen LogP contribution >= 0.6 is 11.3 Å². The Morgan fingerprint density at radius 3 is 2.60 bits per heavy atom. The van der Waals surface area contributed by atoms with Crippen molar-refractivity contribution in [2.24, 2.45) is 0 Å². The van der Waals surface area contributed by atoms with Gasteiger partial charge in [-0.15, -0.1) is 11.3 Å². The molecule has 2 rings (SSSR count). The SMILES string of the molecule is CCC(CC)NS(=O)(=O)c1ccc(CCNC2CC2)s1. The zero-order valence-corrected chi connectivity index (χ0v) is 13.8. The van der Waals surface area contributed by atoms with Crippen LogP contribution in [-0.2, 0) is 16.4 Å². The molecule has 0 aromatic carbocycles. The van der Waals surface area contributed by atoms with Crippen LogP contribution in [0.1, 0.15) is 44.4 Å². The summed E-state index contributed by atoms with van der Waals surface area (Å²) in [5, 5.41) is 3.45. The number of nitrogens with one attached hydrogen (secondary N) is 2. The summed E-state index contributed by atoms with van der Waals surface area (Å²) in [5.41, 5.74) is 0. The van der Waals surface area contributed by atoms with Crippen molar-refractivity contribution in [3.63, 3.8) is 0 Å². The van der Waals surface area contributed by atoms with E-state index in [9.17, 15) is 8.42 Å². The second-order valence-corrected chi connectivity index (χ2v) is 8.44. The molecule has 1 aliphatic carbocycles. The fraction of sp³-hybridized carbons (Fsp3) is 0.714. The van der Waals surface area contributed by atoms with E-state index in [0.717, 1.165) is 30.7 Å². The van der Waals surface area contributed by atoms with Crippen LogP contribution < -0.4 is 10.0 Å². The number of rotatable bonds is 9. The fourth-order valence-electron chi connectivity index (χ4n) is 2.06. The zero-order chi connectivity index (χ0) is 14.6. The summed E-state index contributed by atoms with van der Waals surface area (Å²) in [5.74, 6) is 0. The van der Waals surface area contributed by atoms with E-state index in [-0.39, 0.29) is 6.04 Å². The molecular formula is C14H24N2O2S2. The van der Waals surface area contributed by atoms with Crippen molar-refractivity contribution in [2.75, 3.05) is 6.54 Å².